The lowest BCUT2D eigenvalue weighted by Crippen LogP contribution is -2.37. The van der Waals surface area contributed by atoms with Crippen molar-refractivity contribution in [3.63, 3.8) is 0 Å². The van der Waals surface area contributed by atoms with E-state index in [1.54, 1.807) is 0 Å². The van der Waals surface area contributed by atoms with Crippen LogP contribution in [0.25, 0.3) is 0 Å². The summed E-state index contributed by atoms with van der Waals surface area (Å²) >= 11 is 0. The Bertz CT molecular complexity index is 619. The molecule has 22 heavy (non-hydrogen) atoms. The monoisotopic (exact) mass is 304 g/mol. The number of aromatic nitrogens is 5. The summed E-state index contributed by atoms with van der Waals surface area (Å²) in [5.41, 5.74) is 0. The van der Waals surface area contributed by atoms with Gasteiger partial charge in [-0.05, 0) is 39.2 Å². The smallest absolute Gasteiger partial charge is 0.230 e. The molecule has 0 bridgehead atoms. The second-order valence-corrected chi connectivity index (χ2v) is 6.07. The van der Waals surface area contributed by atoms with Gasteiger partial charge in [-0.2, -0.15) is 5.10 Å². The average molecular weight is 304 g/mol. The van der Waals surface area contributed by atoms with E-state index in [2.05, 4.69) is 25.2 Å². The van der Waals surface area contributed by atoms with Crippen LogP contribution in [0.3, 0.4) is 0 Å². The van der Waals surface area contributed by atoms with Crippen LogP contribution in [0, 0.1) is 19.8 Å². The van der Waals surface area contributed by atoms with Crippen LogP contribution in [-0.2, 0) is 19.5 Å². The van der Waals surface area contributed by atoms with E-state index in [0.29, 0.717) is 5.92 Å². The van der Waals surface area contributed by atoms with Crippen LogP contribution >= 0.6 is 0 Å². The number of piperidine rings is 1. The van der Waals surface area contributed by atoms with Crippen LogP contribution < -0.4 is 0 Å². The lowest BCUT2D eigenvalue weighted by Gasteiger charge is -2.31. The van der Waals surface area contributed by atoms with E-state index >= 15 is 0 Å². The van der Waals surface area contributed by atoms with E-state index in [-0.39, 0.29) is 0 Å². The predicted molar refractivity (Wildman–Crippen MR) is 81.2 cm³/mol. The molecule has 120 valence electrons. The minimum absolute atomic E-state index is 0.599. The van der Waals surface area contributed by atoms with Gasteiger partial charge in [-0.1, -0.05) is 6.92 Å². The zero-order valence-electron chi connectivity index (χ0n) is 13.6. The van der Waals surface area contributed by atoms with Crippen molar-refractivity contribution in [2.24, 2.45) is 5.92 Å². The Morgan fingerprint density at radius 3 is 2.73 bits per heavy atom. The molecule has 3 heterocycles. The number of hydrogen-bond donors (Lipinski definition) is 0. The van der Waals surface area contributed by atoms with Crippen LogP contribution in [0.2, 0.25) is 0 Å². The second-order valence-electron chi connectivity index (χ2n) is 6.07. The fraction of sp³-hybridized carbons (Fsp3) is 0.733. The van der Waals surface area contributed by atoms with E-state index in [9.17, 15) is 0 Å². The molecule has 0 amide bonds. The van der Waals surface area contributed by atoms with Gasteiger partial charge >= 0.3 is 0 Å². The van der Waals surface area contributed by atoms with Gasteiger partial charge in [0.25, 0.3) is 0 Å². The molecule has 0 radical (unpaired) electrons. The molecule has 2 aromatic rings. The van der Waals surface area contributed by atoms with E-state index in [1.807, 2.05) is 25.5 Å². The van der Waals surface area contributed by atoms with Crippen molar-refractivity contribution < 1.29 is 4.42 Å². The number of likely N-dealkylation sites (tertiary alicyclic amines) is 1. The third-order valence-corrected chi connectivity index (χ3v) is 4.17. The highest BCUT2D eigenvalue weighted by Crippen LogP contribution is 2.20. The van der Waals surface area contributed by atoms with Crippen LogP contribution in [0.5, 0.6) is 0 Å². The topological polar surface area (TPSA) is 72.9 Å². The molecule has 1 fully saturated rings. The molecule has 0 N–H and O–H groups in total. The summed E-state index contributed by atoms with van der Waals surface area (Å²) in [7, 11) is 0. The molecule has 1 saturated heterocycles. The summed E-state index contributed by atoms with van der Waals surface area (Å²) in [6.07, 6.45) is 3.23. The molecule has 1 aliphatic rings. The maximum atomic E-state index is 5.62. The Labute approximate surface area is 130 Å². The first-order valence-corrected chi connectivity index (χ1v) is 8.05. The van der Waals surface area contributed by atoms with E-state index in [4.69, 9.17) is 4.42 Å². The number of nitrogens with zero attached hydrogens (tertiary/aromatic N) is 6. The maximum Gasteiger partial charge on any atom is 0.230 e. The molecule has 1 aliphatic heterocycles. The molecule has 3 rings (SSSR count). The lowest BCUT2D eigenvalue weighted by atomic mass is 9.98. The van der Waals surface area contributed by atoms with Gasteiger partial charge in [-0.25, -0.2) is 9.67 Å². The molecule has 7 nitrogen and oxygen atoms in total. The molecule has 1 atom stereocenters. The fourth-order valence-electron chi connectivity index (χ4n) is 3.11. The normalized spacial score (nSPS) is 19.7. The van der Waals surface area contributed by atoms with E-state index in [1.165, 1.54) is 12.8 Å². The zero-order valence-corrected chi connectivity index (χ0v) is 13.6. The van der Waals surface area contributed by atoms with Crippen LogP contribution in [0.15, 0.2) is 4.42 Å². The Morgan fingerprint density at radius 1 is 1.23 bits per heavy atom. The fourth-order valence-corrected chi connectivity index (χ4v) is 3.11. The first-order chi connectivity index (χ1) is 10.6. The van der Waals surface area contributed by atoms with Gasteiger partial charge in [-0.3, -0.25) is 4.90 Å². The minimum Gasteiger partial charge on any atom is -0.424 e. The lowest BCUT2D eigenvalue weighted by molar-refractivity contribution is 0.141. The molecule has 0 aromatic carbocycles. The average Bonchev–Trinajstić information content (AvgIpc) is 3.06. The van der Waals surface area contributed by atoms with Gasteiger partial charge in [-0.15, -0.1) is 10.2 Å². The summed E-state index contributed by atoms with van der Waals surface area (Å²) in [5, 5.41) is 12.6. The van der Waals surface area contributed by atoms with Crippen LogP contribution in [-0.4, -0.2) is 43.0 Å². The van der Waals surface area contributed by atoms with E-state index < -0.39 is 0 Å². The molecule has 0 aliphatic carbocycles. The third-order valence-electron chi connectivity index (χ3n) is 4.17. The zero-order chi connectivity index (χ0) is 15.5. The highest BCUT2D eigenvalue weighted by molar-refractivity contribution is 4.89. The molecular formula is C15H24N6O. The van der Waals surface area contributed by atoms with Gasteiger partial charge in [0.2, 0.25) is 11.8 Å². The summed E-state index contributed by atoms with van der Waals surface area (Å²) in [4.78, 5) is 6.78. The van der Waals surface area contributed by atoms with Crippen LogP contribution in [0.1, 0.15) is 43.2 Å². The van der Waals surface area contributed by atoms with Crippen molar-refractivity contribution in [3.8, 4) is 0 Å². The molecule has 7 heteroatoms. The summed E-state index contributed by atoms with van der Waals surface area (Å²) in [6, 6.07) is 0. The summed E-state index contributed by atoms with van der Waals surface area (Å²) < 4.78 is 7.65. The number of rotatable bonds is 5. The maximum absolute atomic E-state index is 5.62. The summed E-state index contributed by atoms with van der Waals surface area (Å²) in [6.45, 7) is 9.81. The molecule has 0 spiro atoms. The standard InChI is InChI=1S/C15H24N6O/c1-4-14-17-18-15(22-14)10-20-7-5-6-13(8-20)9-21-12(3)16-11(2)19-21/h13H,4-10H2,1-3H3/t13-/m0/s1. The van der Waals surface area contributed by atoms with Crippen molar-refractivity contribution >= 4 is 0 Å². The number of aryl methyl sites for hydroxylation is 3. The van der Waals surface area contributed by atoms with Gasteiger partial charge < -0.3 is 4.42 Å². The van der Waals surface area contributed by atoms with Gasteiger partial charge in [0.05, 0.1) is 6.54 Å². The first-order valence-electron chi connectivity index (χ1n) is 8.05. The third kappa shape index (κ3) is 3.52. The second kappa shape index (κ2) is 6.56. The summed E-state index contributed by atoms with van der Waals surface area (Å²) in [5.74, 6) is 3.90. The van der Waals surface area contributed by atoms with Crippen molar-refractivity contribution in [1.82, 2.24) is 29.9 Å². The predicted octanol–water partition coefficient (Wildman–Crippen LogP) is 1.75. The van der Waals surface area contributed by atoms with Gasteiger partial charge in [0, 0.05) is 19.5 Å². The van der Waals surface area contributed by atoms with E-state index in [0.717, 1.165) is 56.0 Å². The Balaban J connectivity index is 1.58. The van der Waals surface area contributed by atoms with Crippen molar-refractivity contribution in [3.05, 3.63) is 23.4 Å². The SMILES string of the molecule is CCc1nnc(CN2CCC[C@H](Cn3nc(C)nc3C)C2)o1. The van der Waals surface area contributed by atoms with Gasteiger partial charge in [0.1, 0.15) is 11.6 Å². The van der Waals surface area contributed by atoms with Crippen molar-refractivity contribution in [2.45, 2.75) is 53.1 Å². The number of hydrogen-bond acceptors (Lipinski definition) is 6. The van der Waals surface area contributed by atoms with Crippen molar-refractivity contribution in [2.75, 3.05) is 13.1 Å². The molecular weight excluding hydrogens is 280 g/mol. The highest BCUT2D eigenvalue weighted by Gasteiger charge is 2.22. The Kier molecular flexibility index (Phi) is 4.52. The van der Waals surface area contributed by atoms with Gasteiger partial charge in [0.15, 0.2) is 0 Å². The Morgan fingerprint density at radius 2 is 2.05 bits per heavy atom. The Hall–Kier alpha value is -1.76. The van der Waals surface area contributed by atoms with Crippen molar-refractivity contribution in [1.29, 1.82) is 0 Å². The first kappa shape index (κ1) is 15.1. The molecule has 2 aromatic heterocycles. The van der Waals surface area contributed by atoms with Crippen LogP contribution in [0.4, 0.5) is 0 Å². The molecule has 0 saturated carbocycles. The minimum atomic E-state index is 0.599. The highest BCUT2D eigenvalue weighted by atomic mass is 16.4. The molecule has 0 unspecified atom stereocenters. The largest absolute Gasteiger partial charge is 0.424 e. The quantitative estimate of drug-likeness (QED) is 0.838.